The third-order valence-corrected chi connectivity index (χ3v) is 4.89. The van der Waals surface area contributed by atoms with Gasteiger partial charge in [-0.3, -0.25) is 4.79 Å². The molecule has 114 valence electrons. The average Bonchev–Trinajstić information content (AvgIpc) is 3.07. The number of carboxylic acid groups (broad SMARTS) is 1. The van der Waals surface area contributed by atoms with Gasteiger partial charge in [0.1, 0.15) is 6.04 Å². The highest BCUT2D eigenvalue weighted by Gasteiger charge is 2.49. The van der Waals surface area contributed by atoms with E-state index in [1.165, 1.54) is 4.90 Å². The molecule has 5 heteroatoms. The van der Waals surface area contributed by atoms with E-state index in [-0.39, 0.29) is 11.8 Å². The fraction of sp³-hybridized carbons (Fsp3) is 0.471. The van der Waals surface area contributed by atoms with E-state index in [1.54, 1.807) is 24.3 Å². The second-order valence-corrected chi connectivity index (χ2v) is 6.13. The summed E-state index contributed by atoms with van der Waals surface area (Å²) in [4.78, 5) is 25.8. The summed E-state index contributed by atoms with van der Waals surface area (Å²) in [7, 11) is 0. The van der Waals surface area contributed by atoms with Crippen LogP contribution in [0.1, 0.15) is 35.2 Å². The molecule has 3 unspecified atom stereocenters. The van der Waals surface area contributed by atoms with Crippen molar-refractivity contribution in [3.63, 3.8) is 0 Å². The van der Waals surface area contributed by atoms with Gasteiger partial charge in [-0.1, -0.05) is 18.6 Å². The van der Waals surface area contributed by atoms with Crippen LogP contribution in [0.15, 0.2) is 24.3 Å². The molecular formula is C17H18N2O3. The summed E-state index contributed by atoms with van der Waals surface area (Å²) in [6, 6.07) is 8.24. The van der Waals surface area contributed by atoms with Gasteiger partial charge in [0.15, 0.2) is 0 Å². The molecule has 1 aromatic rings. The Morgan fingerprint density at radius 3 is 2.64 bits per heavy atom. The number of nitrogens with zero attached hydrogens (tertiary/aromatic N) is 2. The lowest BCUT2D eigenvalue weighted by molar-refractivity contribution is -0.142. The Kier molecular flexibility index (Phi) is 3.84. The number of fused-ring (bicyclic) bond motifs is 1. The minimum absolute atomic E-state index is 0.0966. The number of hydrogen-bond acceptors (Lipinski definition) is 3. The summed E-state index contributed by atoms with van der Waals surface area (Å²) in [5, 5.41) is 18.2. The molecule has 1 amide bonds. The predicted octanol–water partition coefficient (Wildman–Crippen LogP) is 2.08. The number of nitriles is 1. The number of amides is 1. The molecular weight excluding hydrogens is 280 g/mol. The van der Waals surface area contributed by atoms with E-state index in [9.17, 15) is 14.7 Å². The minimum atomic E-state index is -0.899. The average molecular weight is 298 g/mol. The van der Waals surface area contributed by atoms with Crippen molar-refractivity contribution in [2.45, 2.75) is 31.7 Å². The van der Waals surface area contributed by atoms with Gasteiger partial charge in [0, 0.05) is 12.1 Å². The number of aliphatic carboxylic acids is 1. The lowest BCUT2D eigenvalue weighted by atomic mass is 9.94. The normalized spacial score (nSPS) is 26.5. The zero-order chi connectivity index (χ0) is 15.7. The number of carbonyl (C=O) groups is 2. The van der Waals surface area contributed by atoms with E-state index < -0.39 is 12.0 Å². The lowest BCUT2D eigenvalue weighted by Gasteiger charge is -2.24. The summed E-state index contributed by atoms with van der Waals surface area (Å²) in [5.41, 5.74) is 1.35. The van der Waals surface area contributed by atoms with Gasteiger partial charge >= 0.3 is 5.97 Å². The van der Waals surface area contributed by atoms with E-state index in [0.717, 1.165) is 24.8 Å². The van der Waals surface area contributed by atoms with Crippen molar-refractivity contribution >= 4 is 11.9 Å². The van der Waals surface area contributed by atoms with Crippen LogP contribution in [-0.2, 0) is 11.2 Å². The topological polar surface area (TPSA) is 81.4 Å². The maximum absolute atomic E-state index is 12.7. The van der Waals surface area contributed by atoms with Gasteiger partial charge in [-0.2, -0.15) is 5.26 Å². The van der Waals surface area contributed by atoms with E-state index in [2.05, 4.69) is 6.07 Å². The van der Waals surface area contributed by atoms with Crippen LogP contribution in [0.2, 0.25) is 0 Å². The molecule has 2 fully saturated rings. The molecule has 1 saturated heterocycles. The molecule has 0 radical (unpaired) electrons. The first-order chi connectivity index (χ1) is 10.6. The van der Waals surface area contributed by atoms with Crippen molar-refractivity contribution in [3.05, 3.63) is 35.4 Å². The quantitative estimate of drug-likeness (QED) is 0.926. The molecule has 1 aliphatic carbocycles. The first-order valence-corrected chi connectivity index (χ1v) is 7.61. The van der Waals surface area contributed by atoms with E-state index >= 15 is 0 Å². The largest absolute Gasteiger partial charge is 0.480 e. The van der Waals surface area contributed by atoms with Gasteiger partial charge < -0.3 is 10.0 Å². The summed E-state index contributed by atoms with van der Waals surface area (Å²) < 4.78 is 0. The summed E-state index contributed by atoms with van der Waals surface area (Å²) in [6.45, 7) is 0.542. The maximum atomic E-state index is 12.7. The first kappa shape index (κ1) is 14.6. The van der Waals surface area contributed by atoms with Crippen molar-refractivity contribution in [2.24, 2.45) is 11.8 Å². The van der Waals surface area contributed by atoms with Crippen molar-refractivity contribution < 1.29 is 14.7 Å². The molecule has 0 bridgehead atoms. The number of rotatable bonds is 3. The number of benzene rings is 1. The molecule has 22 heavy (non-hydrogen) atoms. The van der Waals surface area contributed by atoms with Crippen LogP contribution < -0.4 is 0 Å². The summed E-state index contributed by atoms with van der Waals surface area (Å²) >= 11 is 0. The summed E-state index contributed by atoms with van der Waals surface area (Å²) in [5.74, 6) is -0.698. The molecule has 3 atom stereocenters. The summed E-state index contributed by atoms with van der Waals surface area (Å²) in [6.07, 6.45) is 3.27. The van der Waals surface area contributed by atoms with Crippen LogP contribution in [0, 0.1) is 23.2 Å². The van der Waals surface area contributed by atoms with E-state index in [0.29, 0.717) is 24.4 Å². The Balaban J connectivity index is 1.82. The maximum Gasteiger partial charge on any atom is 0.326 e. The SMILES string of the molecule is N#CCc1ccc(C(=O)N2CC3CCCC3C2C(=O)O)cc1. The molecule has 0 aromatic heterocycles. The number of carboxylic acids is 1. The van der Waals surface area contributed by atoms with E-state index in [4.69, 9.17) is 5.26 Å². The fourth-order valence-corrected chi connectivity index (χ4v) is 3.85. The minimum Gasteiger partial charge on any atom is -0.480 e. The monoisotopic (exact) mass is 298 g/mol. The van der Waals surface area contributed by atoms with Gasteiger partial charge in [-0.25, -0.2) is 4.79 Å². The van der Waals surface area contributed by atoms with Gasteiger partial charge in [-0.15, -0.1) is 0 Å². The third-order valence-electron chi connectivity index (χ3n) is 4.89. The second kappa shape index (κ2) is 5.80. The molecule has 1 aliphatic heterocycles. The lowest BCUT2D eigenvalue weighted by Crippen LogP contribution is -2.43. The number of likely N-dealkylation sites (tertiary alicyclic amines) is 1. The third kappa shape index (κ3) is 2.45. The van der Waals surface area contributed by atoms with Crippen molar-refractivity contribution in [2.75, 3.05) is 6.54 Å². The van der Waals surface area contributed by atoms with Crippen LogP contribution in [0.4, 0.5) is 0 Å². The Bertz CT molecular complexity index is 632. The molecule has 1 heterocycles. The molecule has 3 rings (SSSR count). The molecule has 1 saturated carbocycles. The van der Waals surface area contributed by atoms with Crippen LogP contribution in [-0.4, -0.2) is 34.5 Å². The van der Waals surface area contributed by atoms with Gasteiger partial charge in [0.05, 0.1) is 12.5 Å². The van der Waals surface area contributed by atoms with Crippen molar-refractivity contribution in [1.82, 2.24) is 4.90 Å². The zero-order valence-corrected chi connectivity index (χ0v) is 12.2. The highest BCUT2D eigenvalue weighted by molar-refractivity contribution is 5.97. The van der Waals surface area contributed by atoms with Gasteiger partial charge in [0.2, 0.25) is 0 Å². The zero-order valence-electron chi connectivity index (χ0n) is 12.2. The Hall–Kier alpha value is -2.35. The number of hydrogen-bond donors (Lipinski definition) is 1. The second-order valence-electron chi connectivity index (χ2n) is 6.13. The molecule has 2 aliphatic rings. The van der Waals surface area contributed by atoms with E-state index in [1.807, 2.05) is 0 Å². The van der Waals surface area contributed by atoms with Crippen LogP contribution >= 0.6 is 0 Å². The Morgan fingerprint density at radius 2 is 2.00 bits per heavy atom. The fourth-order valence-electron chi connectivity index (χ4n) is 3.85. The Morgan fingerprint density at radius 1 is 1.27 bits per heavy atom. The van der Waals surface area contributed by atoms with Gasteiger partial charge in [-0.05, 0) is 42.4 Å². The molecule has 1 N–H and O–H groups in total. The molecule has 0 spiro atoms. The number of carbonyl (C=O) groups excluding carboxylic acids is 1. The van der Waals surface area contributed by atoms with Crippen molar-refractivity contribution in [3.8, 4) is 6.07 Å². The smallest absolute Gasteiger partial charge is 0.326 e. The molecule has 1 aromatic carbocycles. The Labute approximate surface area is 129 Å². The standard InChI is InChI=1S/C17H18N2O3/c18-9-8-11-4-6-12(7-5-11)16(20)19-10-13-2-1-3-14(13)15(19)17(21)22/h4-7,13-15H,1-3,8,10H2,(H,21,22). The highest BCUT2D eigenvalue weighted by atomic mass is 16.4. The van der Waals surface area contributed by atoms with Crippen LogP contribution in [0.25, 0.3) is 0 Å². The highest BCUT2D eigenvalue weighted by Crippen LogP contribution is 2.42. The first-order valence-electron chi connectivity index (χ1n) is 7.61. The van der Waals surface area contributed by atoms with Gasteiger partial charge in [0.25, 0.3) is 5.91 Å². The van der Waals surface area contributed by atoms with Crippen molar-refractivity contribution in [1.29, 1.82) is 5.26 Å². The van der Waals surface area contributed by atoms with Crippen LogP contribution in [0.3, 0.4) is 0 Å². The molecule has 5 nitrogen and oxygen atoms in total. The van der Waals surface area contributed by atoms with Crippen LogP contribution in [0.5, 0.6) is 0 Å². The predicted molar refractivity (Wildman–Crippen MR) is 79.1 cm³/mol.